The molecule has 0 fully saturated rings. The van der Waals surface area contributed by atoms with E-state index in [9.17, 15) is 14.4 Å². The molecule has 7 nitrogen and oxygen atoms in total. The average Bonchev–Trinajstić information content (AvgIpc) is 2.59. The third kappa shape index (κ3) is 6.82. The van der Waals surface area contributed by atoms with E-state index < -0.39 is 18.0 Å². The van der Waals surface area contributed by atoms with Crippen molar-refractivity contribution < 1.29 is 19.1 Å². The number of para-hydroxylation sites is 1. The van der Waals surface area contributed by atoms with Crippen molar-refractivity contribution in [3.05, 3.63) is 30.3 Å². The number of nitrogens with zero attached hydrogens (tertiary/aromatic N) is 1. The summed E-state index contributed by atoms with van der Waals surface area (Å²) in [7, 11) is 0. The Morgan fingerprint density at radius 1 is 1.08 bits per heavy atom. The zero-order valence-corrected chi connectivity index (χ0v) is 15.2. The zero-order chi connectivity index (χ0) is 18.8. The molecule has 0 aliphatic carbocycles. The Labute approximate surface area is 148 Å². The van der Waals surface area contributed by atoms with Crippen LogP contribution in [0.5, 0.6) is 0 Å². The lowest BCUT2D eigenvalue weighted by Gasteiger charge is -2.22. The molecule has 0 aromatic heterocycles. The summed E-state index contributed by atoms with van der Waals surface area (Å²) in [6, 6.07) is 7.57. The Morgan fingerprint density at radius 2 is 1.68 bits per heavy atom. The molecule has 7 heteroatoms. The van der Waals surface area contributed by atoms with E-state index in [-0.39, 0.29) is 18.4 Å². The molecule has 0 aliphatic rings. The molecule has 0 saturated carbocycles. The fraction of sp³-hybridized carbons (Fsp3) is 0.500. The molecule has 0 saturated heterocycles. The molecule has 0 heterocycles. The summed E-state index contributed by atoms with van der Waals surface area (Å²) >= 11 is 0. The Kier molecular flexibility index (Phi) is 8.46. The van der Waals surface area contributed by atoms with Crippen molar-refractivity contribution >= 4 is 23.6 Å². The topological polar surface area (TPSA) is 87.7 Å². The number of benzene rings is 1. The van der Waals surface area contributed by atoms with Crippen LogP contribution in [0.25, 0.3) is 0 Å². The van der Waals surface area contributed by atoms with Gasteiger partial charge in [0.05, 0.1) is 0 Å². The van der Waals surface area contributed by atoms with Crippen LogP contribution in [0.4, 0.5) is 10.5 Å². The zero-order valence-electron chi connectivity index (χ0n) is 15.2. The number of carbonyl (C=O) groups excluding carboxylic acids is 3. The SMILES string of the molecule is CCN(CC)C(=O)COC(=O)[C@@H](NC(=O)Nc1ccccc1)C(C)C. The summed E-state index contributed by atoms with van der Waals surface area (Å²) in [6.45, 7) is 8.08. The summed E-state index contributed by atoms with van der Waals surface area (Å²) in [5.41, 5.74) is 0.618. The Bertz CT molecular complexity index is 571. The fourth-order valence-corrected chi connectivity index (χ4v) is 2.22. The molecule has 25 heavy (non-hydrogen) atoms. The lowest BCUT2D eigenvalue weighted by molar-refractivity contribution is -0.154. The Balaban J connectivity index is 2.59. The van der Waals surface area contributed by atoms with Gasteiger partial charge in [-0.15, -0.1) is 0 Å². The van der Waals surface area contributed by atoms with Crippen LogP contribution in [0.2, 0.25) is 0 Å². The highest BCUT2D eigenvalue weighted by molar-refractivity contribution is 5.93. The number of urea groups is 1. The van der Waals surface area contributed by atoms with E-state index in [1.807, 2.05) is 19.9 Å². The maximum atomic E-state index is 12.2. The number of amides is 3. The van der Waals surface area contributed by atoms with Crippen molar-refractivity contribution in [2.45, 2.75) is 33.7 Å². The van der Waals surface area contributed by atoms with Crippen LogP contribution >= 0.6 is 0 Å². The number of ether oxygens (including phenoxy) is 1. The summed E-state index contributed by atoms with van der Waals surface area (Å²) in [5.74, 6) is -1.06. The molecule has 0 bridgehead atoms. The van der Waals surface area contributed by atoms with E-state index in [0.29, 0.717) is 18.8 Å². The lowest BCUT2D eigenvalue weighted by Crippen LogP contribution is -2.47. The van der Waals surface area contributed by atoms with E-state index >= 15 is 0 Å². The molecule has 0 unspecified atom stereocenters. The first-order valence-corrected chi connectivity index (χ1v) is 8.46. The third-order valence-electron chi connectivity index (χ3n) is 3.69. The molecule has 138 valence electrons. The summed E-state index contributed by atoms with van der Waals surface area (Å²) in [4.78, 5) is 37.8. The Hall–Kier alpha value is -2.57. The normalized spacial score (nSPS) is 11.6. The minimum absolute atomic E-state index is 0.183. The van der Waals surface area contributed by atoms with Crippen LogP contribution in [-0.2, 0) is 14.3 Å². The van der Waals surface area contributed by atoms with Gasteiger partial charge in [0, 0.05) is 18.8 Å². The summed E-state index contributed by atoms with van der Waals surface area (Å²) < 4.78 is 5.09. The first-order valence-electron chi connectivity index (χ1n) is 8.46. The number of rotatable bonds is 8. The molecule has 0 aliphatic heterocycles. The van der Waals surface area contributed by atoms with Crippen LogP contribution < -0.4 is 10.6 Å². The highest BCUT2D eigenvalue weighted by Crippen LogP contribution is 2.08. The molecule has 1 rings (SSSR count). The lowest BCUT2D eigenvalue weighted by atomic mass is 10.1. The van der Waals surface area contributed by atoms with Gasteiger partial charge in [-0.2, -0.15) is 0 Å². The van der Waals surface area contributed by atoms with Gasteiger partial charge in [-0.05, 0) is 31.9 Å². The van der Waals surface area contributed by atoms with Crippen LogP contribution in [0, 0.1) is 5.92 Å². The summed E-state index contributed by atoms with van der Waals surface area (Å²) in [5, 5.41) is 5.25. The minimum atomic E-state index is -0.840. The average molecular weight is 349 g/mol. The maximum Gasteiger partial charge on any atom is 0.329 e. The van der Waals surface area contributed by atoms with Crippen molar-refractivity contribution in [1.82, 2.24) is 10.2 Å². The van der Waals surface area contributed by atoms with Crippen molar-refractivity contribution in [3.63, 3.8) is 0 Å². The van der Waals surface area contributed by atoms with E-state index in [1.54, 1.807) is 43.0 Å². The molecule has 1 atom stereocenters. The maximum absolute atomic E-state index is 12.2. The van der Waals surface area contributed by atoms with Crippen LogP contribution in [0.15, 0.2) is 30.3 Å². The Morgan fingerprint density at radius 3 is 2.20 bits per heavy atom. The molecular formula is C18H27N3O4. The molecule has 3 amide bonds. The number of anilines is 1. The van der Waals surface area contributed by atoms with Gasteiger partial charge in [0.1, 0.15) is 6.04 Å². The quantitative estimate of drug-likeness (QED) is 0.705. The molecule has 0 spiro atoms. The number of carbonyl (C=O) groups is 3. The molecule has 1 aromatic rings. The number of nitrogens with one attached hydrogen (secondary N) is 2. The van der Waals surface area contributed by atoms with Gasteiger partial charge < -0.3 is 20.3 Å². The highest BCUT2D eigenvalue weighted by Gasteiger charge is 2.26. The standard InChI is InChI=1S/C18H27N3O4/c1-5-21(6-2)15(22)12-25-17(23)16(13(3)4)20-18(24)19-14-10-8-7-9-11-14/h7-11,13,16H,5-6,12H2,1-4H3,(H2,19,20,24)/t16-/m0/s1. The van der Waals surface area contributed by atoms with Crippen molar-refractivity contribution in [2.75, 3.05) is 25.0 Å². The number of esters is 1. The van der Waals surface area contributed by atoms with E-state index in [0.717, 1.165) is 0 Å². The second-order valence-electron chi connectivity index (χ2n) is 5.86. The van der Waals surface area contributed by atoms with Crippen molar-refractivity contribution in [3.8, 4) is 0 Å². The smallest absolute Gasteiger partial charge is 0.329 e. The third-order valence-corrected chi connectivity index (χ3v) is 3.69. The largest absolute Gasteiger partial charge is 0.454 e. The van der Waals surface area contributed by atoms with Crippen LogP contribution in [0.3, 0.4) is 0 Å². The predicted octanol–water partition coefficient (Wildman–Crippen LogP) is 2.24. The van der Waals surface area contributed by atoms with Crippen molar-refractivity contribution in [1.29, 1.82) is 0 Å². The van der Waals surface area contributed by atoms with Crippen LogP contribution in [0.1, 0.15) is 27.7 Å². The molecular weight excluding hydrogens is 322 g/mol. The van der Waals surface area contributed by atoms with Gasteiger partial charge >= 0.3 is 12.0 Å². The van der Waals surface area contributed by atoms with E-state index in [4.69, 9.17) is 4.74 Å². The second-order valence-corrected chi connectivity index (χ2v) is 5.86. The highest BCUT2D eigenvalue weighted by atomic mass is 16.5. The monoisotopic (exact) mass is 349 g/mol. The van der Waals surface area contributed by atoms with Gasteiger partial charge in [-0.3, -0.25) is 4.79 Å². The number of hydrogen-bond acceptors (Lipinski definition) is 4. The number of likely N-dealkylation sites (N-methyl/N-ethyl adjacent to an activating group) is 1. The van der Waals surface area contributed by atoms with E-state index in [1.165, 1.54) is 0 Å². The predicted molar refractivity (Wildman–Crippen MR) is 96.1 cm³/mol. The fourth-order valence-electron chi connectivity index (χ4n) is 2.22. The minimum Gasteiger partial charge on any atom is -0.454 e. The molecule has 1 aromatic carbocycles. The summed E-state index contributed by atoms with van der Waals surface area (Å²) in [6.07, 6.45) is 0. The van der Waals surface area contributed by atoms with Gasteiger partial charge in [0.15, 0.2) is 6.61 Å². The van der Waals surface area contributed by atoms with Gasteiger partial charge in [0.2, 0.25) is 0 Å². The molecule has 0 radical (unpaired) electrons. The first-order chi connectivity index (χ1) is 11.9. The second kappa shape index (κ2) is 10.3. The molecule has 2 N–H and O–H groups in total. The van der Waals surface area contributed by atoms with Gasteiger partial charge in [-0.1, -0.05) is 32.0 Å². The van der Waals surface area contributed by atoms with E-state index in [2.05, 4.69) is 10.6 Å². The van der Waals surface area contributed by atoms with Gasteiger partial charge in [-0.25, -0.2) is 9.59 Å². The van der Waals surface area contributed by atoms with Crippen molar-refractivity contribution in [2.24, 2.45) is 5.92 Å². The number of hydrogen-bond donors (Lipinski definition) is 2. The van der Waals surface area contributed by atoms with Gasteiger partial charge in [0.25, 0.3) is 5.91 Å². The van der Waals surface area contributed by atoms with Crippen LogP contribution in [-0.4, -0.2) is 48.5 Å². The first kappa shape index (κ1) is 20.5.